The molecule has 1 rings (SSSR count). The predicted octanol–water partition coefficient (Wildman–Crippen LogP) is 4.01. The summed E-state index contributed by atoms with van der Waals surface area (Å²) in [5.74, 6) is -0.662. The van der Waals surface area contributed by atoms with Gasteiger partial charge in [0.1, 0.15) is 5.78 Å². The van der Waals surface area contributed by atoms with Crippen LogP contribution in [0.5, 0.6) is 0 Å². The molecule has 1 aliphatic heterocycles. The fourth-order valence-corrected chi connectivity index (χ4v) is 8.05. The first-order valence-corrected chi connectivity index (χ1v) is 14.3. The summed E-state index contributed by atoms with van der Waals surface area (Å²) in [7, 11) is -4.84. The number of hydrazine groups is 1. The van der Waals surface area contributed by atoms with Crippen molar-refractivity contribution in [2.24, 2.45) is 5.92 Å². The van der Waals surface area contributed by atoms with E-state index in [1.165, 1.54) is 0 Å². The highest BCUT2D eigenvalue weighted by molar-refractivity contribution is 7.55. The molecule has 0 amide bonds. The second-order valence-corrected chi connectivity index (χ2v) is 12.2. The summed E-state index contributed by atoms with van der Waals surface area (Å²) in [6, 6.07) is 0. The molecule has 0 aromatic carbocycles. The Morgan fingerprint density at radius 2 is 1.23 bits per heavy atom. The molecule has 180 valence electrons. The SMILES string of the molecule is CCOP(=O)(OCC)C(CC(C(C)C)P(=O)(OCC)OCC)NN1CCN(C)CC1. The Morgan fingerprint density at radius 3 is 1.63 bits per heavy atom. The van der Waals surface area contributed by atoms with Crippen LogP contribution in [0, 0.1) is 5.92 Å². The molecule has 0 saturated carbocycles. The molecule has 2 unspecified atom stereocenters. The van der Waals surface area contributed by atoms with Gasteiger partial charge in [0, 0.05) is 26.2 Å². The summed E-state index contributed by atoms with van der Waals surface area (Å²) in [5, 5.41) is 2.05. The van der Waals surface area contributed by atoms with Crippen molar-refractivity contribution in [3.05, 3.63) is 0 Å². The molecule has 0 spiro atoms. The highest BCUT2D eigenvalue weighted by atomic mass is 31.2. The first-order valence-electron chi connectivity index (χ1n) is 11.1. The van der Waals surface area contributed by atoms with Gasteiger partial charge in [-0.2, -0.15) is 0 Å². The van der Waals surface area contributed by atoms with Crippen molar-refractivity contribution in [1.82, 2.24) is 15.3 Å². The molecule has 1 aliphatic rings. The van der Waals surface area contributed by atoms with Gasteiger partial charge in [-0.1, -0.05) is 13.8 Å². The third-order valence-electron chi connectivity index (χ3n) is 5.09. The lowest BCUT2D eigenvalue weighted by molar-refractivity contribution is 0.0861. The van der Waals surface area contributed by atoms with Gasteiger partial charge in [-0.15, -0.1) is 0 Å². The van der Waals surface area contributed by atoms with E-state index in [0.29, 0.717) is 6.42 Å². The van der Waals surface area contributed by atoms with Gasteiger partial charge in [-0.25, -0.2) is 10.4 Å². The van der Waals surface area contributed by atoms with Crippen LogP contribution in [-0.2, 0) is 27.2 Å². The Hall–Kier alpha value is 0.180. The van der Waals surface area contributed by atoms with Crippen molar-refractivity contribution >= 4 is 15.2 Å². The van der Waals surface area contributed by atoms with Crippen LogP contribution in [0.2, 0.25) is 0 Å². The molecule has 1 heterocycles. The minimum absolute atomic E-state index is 0.0116. The van der Waals surface area contributed by atoms with E-state index in [0.717, 1.165) is 26.2 Å². The average Bonchev–Trinajstić information content (AvgIpc) is 2.66. The molecule has 0 bridgehead atoms. The maximum atomic E-state index is 13.7. The quantitative estimate of drug-likeness (QED) is 0.356. The van der Waals surface area contributed by atoms with E-state index < -0.39 is 26.6 Å². The van der Waals surface area contributed by atoms with E-state index in [9.17, 15) is 9.13 Å². The second kappa shape index (κ2) is 13.7. The summed E-state index contributed by atoms with van der Waals surface area (Å²) in [4.78, 5) is 2.24. The van der Waals surface area contributed by atoms with Crippen LogP contribution in [0.3, 0.4) is 0 Å². The standard InChI is InChI=1S/C19H43N3O6P2/c1-8-25-29(23,26-9-2)18(17(5)6)16-19(30(24,27-10-3)28-11-4)20-22-14-12-21(7)13-15-22/h17-20H,8-16H2,1-7H3. The Bertz CT molecular complexity index is 552. The van der Waals surface area contributed by atoms with Crippen LogP contribution in [0.4, 0.5) is 0 Å². The van der Waals surface area contributed by atoms with Gasteiger partial charge in [-0.3, -0.25) is 9.13 Å². The Labute approximate surface area is 183 Å². The fourth-order valence-electron chi connectivity index (χ4n) is 3.56. The zero-order valence-electron chi connectivity index (χ0n) is 19.8. The van der Waals surface area contributed by atoms with Crippen LogP contribution in [0.15, 0.2) is 0 Å². The third kappa shape index (κ3) is 8.27. The lowest BCUT2D eigenvalue weighted by Crippen LogP contribution is -2.54. The summed E-state index contributed by atoms with van der Waals surface area (Å²) >= 11 is 0. The van der Waals surface area contributed by atoms with Crippen LogP contribution < -0.4 is 5.43 Å². The molecule has 2 atom stereocenters. The van der Waals surface area contributed by atoms with Gasteiger partial charge in [0.15, 0.2) is 0 Å². The van der Waals surface area contributed by atoms with E-state index in [2.05, 4.69) is 22.4 Å². The van der Waals surface area contributed by atoms with Gasteiger partial charge in [0.25, 0.3) is 0 Å². The van der Waals surface area contributed by atoms with Gasteiger partial charge in [-0.05, 0) is 47.1 Å². The number of hydrogen-bond donors (Lipinski definition) is 1. The number of likely N-dealkylation sites (N-methyl/N-ethyl adjacent to an activating group) is 1. The lowest BCUT2D eigenvalue weighted by Gasteiger charge is -2.39. The number of rotatable bonds is 15. The van der Waals surface area contributed by atoms with Crippen molar-refractivity contribution in [1.29, 1.82) is 0 Å². The Kier molecular flexibility index (Phi) is 12.9. The molecule has 9 nitrogen and oxygen atoms in total. The van der Waals surface area contributed by atoms with E-state index in [-0.39, 0.29) is 32.3 Å². The maximum Gasteiger partial charge on any atom is 0.348 e. The fraction of sp³-hybridized carbons (Fsp3) is 1.00. The van der Waals surface area contributed by atoms with E-state index >= 15 is 0 Å². The van der Waals surface area contributed by atoms with Crippen LogP contribution in [0.25, 0.3) is 0 Å². The Morgan fingerprint density at radius 1 is 0.800 bits per heavy atom. The minimum atomic E-state index is -3.51. The summed E-state index contributed by atoms with van der Waals surface area (Å²) < 4.78 is 50.0. The van der Waals surface area contributed by atoms with E-state index in [1.54, 1.807) is 27.7 Å². The van der Waals surface area contributed by atoms with Crippen LogP contribution >= 0.6 is 15.2 Å². The molecule has 0 aromatic heterocycles. The average molecular weight is 472 g/mol. The third-order valence-corrected chi connectivity index (χ3v) is 10.3. The smallest absolute Gasteiger partial charge is 0.309 e. The van der Waals surface area contributed by atoms with Gasteiger partial charge in [0.05, 0.1) is 32.1 Å². The van der Waals surface area contributed by atoms with Crippen molar-refractivity contribution in [3.63, 3.8) is 0 Å². The van der Waals surface area contributed by atoms with Crippen molar-refractivity contribution in [2.45, 2.75) is 59.4 Å². The molecule has 1 fully saturated rings. The number of nitrogens with zero attached hydrogens (tertiary/aromatic N) is 2. The van der Waals surface area contributed by atoms with Crippen molar-refractivity contribution in [2.75, 3.05) is 59.7 Å². The van der Waals surface area contributed by atoms with Gasteiger partial charge in [0.2, 0.25) is 0 Å². The summed E-state index contributed by atoms with van der Waals surface area (Å²) in [5.41, 5.74) is 2.94. The zero-order valence-corrected chi connectivity index (χ0v) is 21.6. The maximum absolute atomic E-state index is 13.7. The number of hydrogen-bond acceptors (Lipinski definition) is 9. The zero-order chi connectivity index (χ0) is 22.8. The monoisotopic (exact) mass is 471 g/mol. The summed E-state index contributed by atoms with van der Waals surface area (Å²) in [6.07, 6.45) is 0.290. The van der Waals surface area contributed by atoms with Crippen LogP contribution in [0.1, 0.15) is 48.0 Å². The van der Waals surface area contributed by atoms with Gasteiger partial charge >= 0.3 is 15.2 Å². The molecule has 1 saturated heterocycles. The molecule has 11 heteroatoms. The highest BCUT2D eigenvalue weighted by Crippen LogP contribution is 2.61. The first kappa shape index (κ1) is 28.2. The molecule has 1 N–H and O–H groups in total. The largest absolute Gasteiger partial charge is 0.348 e. The number of nitrogens with one attached hydrogen (secondary N) is 1. The first-order chi connectivity index (χ1) is 14.2. The molecule has 0 radical (unpaired) electrons. The highest BCUT2D eigenvalue weighted by Gasteiger charge is 2.45. The van der Waals surface area contributed by atoms with Crippen LogP contribution in [-0.4, -0.2) is 81.0 Å². The molecule has 0 aromatic rings. The van der Waals surface area contributed by atoms with E-state index in [1.807, 2.05) is 13.8 Å². The minimum Gasteiger partial charge on any atom is -0.309 e. The number of piperazine rings is 1. The molecule has 30 heavy (non-hydrogen) atoms. The van der Waals surface area contributed by atoms with Gasteiger partial charge < -0.3 is 23.0 Å². The predicted molar refractivity (Wildman–Crippen MR) is 121 cm³/mol. The second-order valence-electron chi connectivity index (χ2n) is 7.73. The molecular weight excluding hydrogens is 428 g/mol. The van der Waals surface area contributed by atoms with Crippen molar-refractivity contribution in [3.8, 4) is 0 Å². The van der Waals surface area contributed by atoms with Crippen molar-refractivity contribution < 1.29 is 27.2 Å². The molecule has 0 aliphatic carbocycles. The van der Waals surface area contributed by atoms with E-state index in [4.69, 9.17) is 18.1 Å². The summed E-state index contributed by atoms with van der Waals surface area (Å²) in [6.45, 7) is 15.6. The Balaban J connectivity index is 3.22. The lowest BCUT2D eigenvalue weighted by atomic mass is 10.1. The molecular formula is C19H43N3O6P2. The normalized spacial score (nSPS) is 19.3. The topological polar surface area (TPSA) is 89.6 Å².